The van der Waals surface area contributed by atoms with Gasteiger partial charge in [-0.25, -0.2) is 0 Å². The van der Waals surface area contributed by atoms with E-state index in [4.69, 9.17) is 9.47 Å². The molecule has 1 aromatic carbocycles. The summed E-state index contributed by atoms with van der Waals surface area (Å²) in [7, 11) is 3.29. The molecule has 0 unspecified atom stereocenters. The highest BCUT2D eigenvalue weighted by atomic mass is 35.5. The van der Waals surface area contributed by atoms with Crippen LogP contribution in [0.4, 0.5) is 0 Å². The third-order valence-corrected chi connectivity index (χ3v) is 7.59. The maximum Gasteiger partial charge on any atom is 0.270 e. The normalized spacial score (nSPS) is 15.9. The third-order valence-electron chi connectivity index (χ3n) is 6.69. The predicted molar refractivity (Wildman–Crippen MR) is 149 cm³/mol. The highest BCUT2D eigenvalue weighted by molar-refractivity contribution is 7.13. The number of fused-ring (bicyclic) bond motifs is 3. The third kappa shape index (κ3) is 5.89. The Morgan fingerprint density at radius 1 is 1.05 bits per heavy atom. The summed E-state index contributed by atoms with van der Waals surface area (Å²) in [5.74, 6) is 1.35. The van der Waals surface area contributed by atoms with Crippen LogP contribution in [0.1, 0.15) is 42.7 Å². The quantitative estimate of drug-likeness (QED) is 0.447. The summed E-state index contributed by atoms with van der Waals surface area (Å²) in [6.45, 7) is 4.77. The number of nitrogens with one attached hydrogen (secondary N) is 1. The fraction of sp³-hybridized carbons (Fsp3) is 0.393. The molecule has 2 aliphatic rings. The van der Waals surface area contributed by atoms with Gasteiger partial charge in [-0.3, -0.25) is 14.4 Å². The van der Waals surface area contributed by atoms with Gasteiger partial charge in [0.2, 0.25) is 11.1 Å². The van der Waals surface area contributed by atoms with Crippen molar-refractivity contribution in [2.24, 2.45) is 0 Å². The number of nitrogens with zero attached hydrogens (tertiary/aromatic N) is 2. The lowest BCUT2D eigenvalue weighted by atomic mass is 9.95. The molecule has 0 saturated carbocycles. The molecule has 0 bridgehead atoms. The van der Waals surface area contributed by atoms with Crippen LogP contribution >= 0.6 is 22.9 Å². The molecule has 4 heterocycles. The first-order chi connectivity index (χ1) is 18.2. The number of carbonyl (C=O) groups excluding carboxylic acids is 3. The SMILES string of the molecule is CC(=O)Cl.COc1cc2c(cc1OC)-c1c(-c3cccs3)cc(C(=O)N3CCC[C@@H](NC(C)=O)C3)n1CC2. The highest BCUT2D eigenvalue weighted by Crippen LogP contribution is 2.45. The molecule has 0 radical (unpaired) electrons. The summed E-state index contributed by atoms with van der Waals surface area (Å²) in [6.07, 6.45) is 2.57. The summed E-state index contributed by atoms with van der Waals surface area (Å²) in [4.78, 5) is 37.6. The first-order valence-corrected chi connectivity index (χ1v) is 13.7. The Morgan fingerprint density at radius 2 is 1.76 bits per heavy atom. The molecule has 2 amide bonds. The number of amides is 2. The van der Waals surface area contributed by atoms with Crippen LogP contribution in [-0.4, -0.2) is 59.9 Å². The molecule has 0 aliphatic carbocycles. The Balaban J connectivity index is 0.000000786. The Kier molecular flexibility index (Phi) is 8.79. The number of rotatable bonds is 5. The molecule has 1 saturated heterocycles. The smallest absolute Gasteiger partial charge is 0.270 e. The Hall–Kier alpha value is -3.30. The van der Waals surface area contributed by atoms with E-state index in [1.165, 1.54) is 19.4 Å². The molecule has 38 heavy (non-hydrogen) atoms. The number of hydrogen-bond acceptors (Lipinski definition) is 6. The topological polar surface area (TPSA) is 89.9 Å². The van der Waals surface area contributed by atoms with Crippen molar-refractivity contribution in [1.29, 1.82) is 0 Å². The van der Waals surface area contributed by atoms with E-state index in [-0.39, 0.29) is 23.1 Å². The minimum Gasteiger partial charge on any atom is -0.493 e. The van der Waals surface area contributed by atoms with Crippen molar-refractivity contribution in [2.75, 3.05) is 27.3 Å². The average molecular weight is 558 g/mol. The summed E-state index contributed by atoms with van der Waals surface area (Å²) in [5.41, 5.74) is 5.05. The number of benzene rings is 1. The standard InChI is InChI=1S/C26H29N3O4S.C2H3ClO/c1-16(30)27-18-6-4-9-28(15-18)26(31)21-13-20(24-7-5-11-34-24)25-19-14-23(33-3)22(32-2)12-17(19)8-10-29(21)25;1-2(3)4/h5,7,11-14,18H,4,6,8-10,15H2,1-3H3,(H,27,30);1H3/t18-;/m1./s1. The number of ether oxygens (including phenoxy) is 2. The van der Waals surface area contributed by atoms with E-state index >= 15 is 0 Å². The van der Waals surface area contributed by atoms with Crippen LogP contribution in [-0.2, 0) is 22.6 Å². The first-order valence-electron chi connectivity index (χ1n) is 12.5. The van der Waals surface area contributed by atoms with Gasteiger partial charge >= 0.3 is 0 Å². The van der Waals surface area contributed by atoms with Crippen LogP contribution in [0.25, 0.3) is 21.7 Å². The number of thiophene rings is 1. The zero-order valence-corrected chi connectivity index (χ0v) is 23.6. The first kappa shape index (κ1) is 27.7. The zero-order valence-electron chi connectivity index (χ0n) is 22.0. The molecule has 1 fully saturated rings. The number of likely N-dealkylation sites (tertiary alicyclic amines) is 1. The monoisotopic (exact) mass is 557 g/mol. The number of halogens is 1. The van der Waals surface area contributed by atoms with Gasteiger partial charge in [-0.2, -0.15) is 0 Å². The van der Waals surface area contributed by atoms with Crippen molar-refractivity contribution in [3.8, 4) is 33.2 Å². The van der Waals surface area contributed by atoms with Crippen LogP contribution in [0.15, 0.2) is 35.7 Å². The second-order valence-corrected chi connectivity index (χ2v) is 10.8. The Bertz CT molecular complexity index is 1330. The van der Waals surface area contributed by atoms with Crippen LogP contribution in [0, 0.1) is 0 Å². The predicted octanol–water partition coefficient (Wildman–Crippen LogP) is 4.97. The molecular weight excluding hydrogens is 526 g/mol. The van der Waals surface area contributed by atoms with E-state index in [1.54, 1.807) is 25.6 Å². The van der Waals surface area contributed by atoms with E-state index in [0.717, 1.165) is 41.0 Å². The van der Waals surface area contributed by atoms with Gasteiger partial charge in [0.1, 0.15) is 5.69 Å². The second kappa shape index (κ2) is 12.0. The maximum absolute atomic E-state index is 13.8. The van der Waals surface area contributed by atoms with Crippen molar-refractivity contribution in [1.82, 2.24) is 14.8 Å². The van der Waals surface area contributed by atoms with Crippen LogP contribution in [0.5, 0.6) is 11.5 Å². The van der Waals surface area contributed by atoms with E-state index in [9.17, 15) is 14.4 Å². The lowest BCUT2D eigenvalue weighted by molar-refractivity contribution is -0.120. The van der Waals surface area contributed by atoms with E-state index in [1.807, 2.05) is 29.2 Å². The van der Waals surface area contributed by atoms with Gasteiger partial charge in [-0.15, -0.1) is 11.3 Å². The van der Waals surface area contributed by atoms with Gasteiger partial charge in [-0.1, -0.05) is 6.07 Å². The van der Waals surface area contributed by atoms with Crippen molar-refractivity contribution in [2.45, 2.75) is 45.7 Å². The fourth-order valence-electron chi connectivity index (χ4n) is 5.18. The minimum atomic E-state index is -0.361. The maximum atomic E-state index is 13.8. The molecule has 10 heteroatoms. The minimum absolute atomic E-state index is 0.000192. The summed E-state index contributed by atoms with van der Waals surface area (Å²) in [5, 5.41) is 4.68. The molecule has 2 aromatic heterocycles. The zero-order chi connectivity index (χ0) is 27.4. The number of aromatic nitrogens is 1. The fourth-order valence-corrected chi connectivity index (χ4v) is 5.92. The van der Waals surface area contributed by atoms with E-state index in [2.05, 4.69) is 32.9 Å². The van der Waals surface area contributed by atoms with E-state index in [0.29, 0.717) is 36.8 Å². The second-order valence-electron chi connectivity index (χ2n) is 9.30. The number of carbonyl (C=O) groups is 3. The molecule has 3 aromatic rings. The Labute approximate surface area is 231 Å². The van der Waals surface area contributed by atoms with Crippen molar-refractivity contribution >= 4 is 40.0 Å². The van der Waals surface area contributed by atoms with Gasteiger partial charge in [0.15, 0.2) is 11.5 Å². The molecule has 0 spiro atoms. The largest absolute Gasteiger partial charge is 0.493 e. The molecule has 2 aliphatic heterocycles. The summed E-state index contributed by atoms with van der Waals surface area (Å²) in [6, 6.07) is 10.2. The lowest BCUT2D eigenvalue weighted by Gasteiger charge is -2.33. The number of aryl methyl sites for hydroxylation is 1. The molecule has 202 valence electrons. The number of hydrogen-bond donors (Lipinski definition) is 1. The van der Waals surface area contributed by atoms with Crippen molar-refractivity contribution in [3.05, 3.63) is 47.0 Å². The van der Waals surface area contributed by atoms with Crippen molar-refractivity contribution in [3.63, 3.8) is 0 Å². The lowest BCUT2D eigenvalue weighted by Crippen LogP contribution is -2.49. The van der Waals surface area contributed by atoms with Crippen LogP contribution in [0.3, 0.4) is 0 Å². The van der Waals surface area contributed by atoms with Gasteiger partial charge in [0.25, 0.3) is 5.91 Å². The number of methoxy groups -OCH3 is 2. The van der Waals surface area contributed by atoms with Crippen LogP contribution in [0.2, 0.25) is 0 Å². The van der Waals surface area contributed by atoms with Gasteiger partial charge < -0.3 is 24.3 Å². The number of piperidine rings is 1. The van der Waals surface area contributed by atoms with Gasteiger partial charge in [0.05, 0.1) is 19.9 Å². The Morgan fingerprint density at radius 3 is 2.39 bits per heavy atom. The van der Waals surface area contributed by atoms with E-state index < -0.39 is 0 Å². The molecule has 8 nitrogen and oxygen atoms in total. The molecule has 5 rings (SSSR count). The van der Waals surface area contributed by atoms with Crippen molar-refractivity contribution < 1.29 is 23.9 Å². The van der Waals surface area contributed by atoms with Gasteiger partial charge in [-0.05, 0) is 66.1 Å². The van der Waals surface area contributed by atoms with Crippen LogP contribution < -0.4 is 14.8 Å². The highest BCUT2D eigenvalue weighted by Gasteiger charge is 2.32. The summed E-state index contributed by atoms with van der Waals surface area (Å²) >= 11 is 6.30. The molecule has 1 N–H and O–H groups in total. The van der Waals surface area contributed by atoms with Gasteiger partial charge in [0, 0.05) is 55.5 Å². The molecule has 1 atom stereocenters. The summed E-state index contributed by atoms with van der Waals surface area (Å²) < 4.78 is 13.3. The average Bonchev–Trinajstić information content (AvgIpc) is 3.55. The molecular formula is C28H32ClN3O5S.